The smallest absolute Gasteiger partial charge is 0.258 e. The SMILES string of the molecule is CC(NC(=O)COc1ccccc1N)c1cccc(Br)c1. The second kappa shape index (κ2) is 7.13. The van der Waals surface area contributed by atoms with Crippen molar-refractivity contribution < 1.29 is 9.53 Å². The lowest BCUT2D eigenvalue weighted by molar-refractivity contribution is -0.123. The summed E-state index contributed by atoms with van der Waals surface area (Å²) in [7, 11) is 0. The molecule has 5 heteroatoms. The molecule has 0 fully saturated rings. The Bertz CT molecular complexity index is 631. The molecule has 2 rings (SSSR count). The van der Waals surface area contributed by atoms with Crippen molar-refractivity contribution >= 4 is 27.5 Å². The van der Waals surface area contributed by atoms with Crippen LogP contribution in [0.2, 0.25) is 0 Å². The highest BCUT2D eigenvalue weighted by molar-refractivity contribution is 9.10. The standard InChI is InChI=1S/C16H17BrN2O2/c1-11(12-5-4-6-13(17)9-12)19-16(20)10-21-15-8-3-2-7-14(15)18/h2-9,11H,10,18H2,1H3,(H,19,20). The van der Waals surface area contributed by atoms with E-state index < -0.39 is 0 Å². The molecule has 3 N–H and O–H groups in total. The fourth-order valence-corrected chi connectivity index (χ4v) is 2.31. The van der Waals surface area contributed by atoms with Crippen molar-refractivity contribution in [1.29, 1.82) is 0 Å². The number of ether oxygens (including phenoxy) is 1. The van der Waals surface area contributed by atoms with E-state index in [9.17, 15) is 4.79 Å². The van der Waals surface area contributed by atoms with E-state index in [0.717, 1.165) is 10.0 Å². The average molecular weight is 349 g/mol. The molecule has 21 heavy (non-hydrogen) atoms. The van der Waals surface area contributed by atoms with Crippen LogP contribution in [0, 0.1) is 0 Å². The van der Waals surface area contributed by atoms with Crippen LogP contribution < -0.4 is 15.8 Å². The maximum atomic E-state index is 11.9. The van der Waals surface area contributed by atoms with E-state index in [2.05, 4.69) is 21.2 Å². The molecule has 4 nitrogen and oxygen atoms in total. The van der Waals surface area contributed by atoms with E-state index in [-0.39, 0.29) is 18.6 Å². The molecule has 1 unspecified atom stereocenters. The summed E-state index contributed by atoms with van der Waals surface area (Å²) in [6.45, 7) is 1.86. The molecular formula is C16H17BrN2O2. The third kappa shape index (κ3) is 4.49. The van der Waals surface area contributed by atoms with Gasteiger partial charge in [-0.15, -0.1) is 0 Å². The van der Waals surface area contributed by atoms with Crippen LogP contribution in [0.5, 0.6) is 5.75 Å². The van der Waals surface area contributed by atoms with Crippen molar-refractivity contribution in [1.82, 2.24) is 5.32 Å². The van der Waals surface area contributed by atoms with Gasteiger partial charge in [-0.2, -0.15) is 0 Å². The first-order chi connectivity index (χ1) is 10.1. The lowest BCUT2D eigenvalue weighted by Crippen LogP contribution is -2.31. The molecule has 0 aliphatic rings. The molecule has 2 aromatic carbocycles. The number of hydrogen-bond acceptors (Lipinski definition) is 3. The first-order valence-corrected chi connectivity index (χ1v) is 7.37. The van der Waals surface area contributed by atoms with Crippen LogP contribution >= 0.6 is 15.9 Å². The van der Waals surface area contributed by atoms with Gasteiger partial charge in [-0.25, -0.2) is 0 Å². The minimum Gasteiger partial charge on any atom is -0.482 e. The first kappa shape index (κ1) is 15.4. The number of carbonyl (C=O) groups is 1. The second-order valence-corrected chi connectivity index (χ2v) is 5.59. The molecule has 0 spiro atoms. The molecule has 0 bridgehead atoms. The highest BCUT2D eigenvalue weighted by atomic mass is 79.9. The third-order valence-corrected chi connectivity index (χ3v) is 3.50. The Hall–Kier alpha value is -2.01. The quantitative estimate of drug-likeness (QED) is 0.815. The number of nitrogens with one attached hydrogen (secondary N) is 1. The van der Waals surface area contributed by atoms with Gasteiger partial charge in [0.2, 0.25) is 0 Å². The molecule has 0 aliphatic carbocycles. The first-order valence-electron chi connectivity index (χ1n) is 6.58. The Morgan fingerprint density at radius 2 is 2.05 bits per heavy atom. The van der Waals surface area contributed by atoms with Gasteiger partial charge in [-0.1, -0.05) is 40.2 Å². The number of nitrogens with two attached hydrogens (primary N) is 1. The summed E-state index contributed by atoms with van der Waals surface area (Å²) < 4.78 is 6.39. The summed E-state index contributed by atoms with van der Waals surface area (Å²) in [6.07, 6.45) is 0. The second-order valence-electron chi connectivity index (χ2n) is 4.67. The normalized spacial score (nSPS) is 11.7. The number of amides is 1. The Balaban J connectivity index is 1.89. The Labute approximate surface area is 132 Å². The molecule has 1 amide bonds. The third-order valence-electron chi connectivity index (χ3n) is 3.00. The Morgan fingerprint density at radius 1 is 1.29 bits per heavy atom. The monoisotopic (exact) mass is 348 g/mol. The zero-order chi connectivity index (χ0) is 15.2. The van der Waals surface area contributed by atoms with Gasteiger partial charge in [0.1, 0.15) is 5.75 Å². The van der Waals surface area contributed by atoms with Crippen LogP contribution in [0.1, 0.15) is 18.5 Å². The van der Waals surface area contributed by atoms with Gasteiger partial charge in [-0.05, 0) is 36.8 Å². The molecule has 0 saturated heterocycles. The predicted molar refractivity (Wildman–Crippen MR) is 87.0 cm³/mol. The number of halogens is 1. The van der Waals surface area contributed by atoms with Crippen LogP contribution in [0.3, 0.4) is 0 Å². The summed E-state index contributed by atoms with van der Waals surface area (Å²) in [4.78, 5) is 11.9. The van der Waals surface area contributed by atoms with Crippen molar-refractivity contribution in [3.8, 4) is 5.75 Å². The van der Waals surface area contributed by atoms with Gasteiger partial charge in [-0.3, -0.25) is 4.79 Å². The van der Waals surface area contributed by atoms with E-state index in [1.807, 2.05) is 43.3 Å². The lowest BCUT2D eigenvalue weighted by Gasteiger charge is -2.15. The summed E-state index contributed by atoms with van der Waals surface area (Å²) in [5.74, 6) is 0.327. The van der Waals surface area contributed by atoms with Gasteiger partial charge in [0, 0.05) is 4.47 Å². The number of nitrogen functional groups attached to an aromatic ring is 1. The van der Waals surface area contributed by atoms with Gasteiger partial charge < -0.3 is 15.8 Å². The number of para-hydroxylation sites is 2. The Kier molecular flexibility index (Phi) is 5.22. The molecule has 2 aromatic rings. The largest absolute Gasteiger partial charge is 0.482 e. The predicted octanol–water partition coefficient (Wildman–Crippen LogP) is 3.29. The molecule has 110 valence electrons. The van der Waals surface area contributed by atoms with Crippen molar-refractivity contribution in [2.75, 3.05) is 12.3 Å². The number of anilines is 1. The average Bonchev–Trinajstić information content (AvgIpc) is 2.46. The number of rotatable bonds is 5. The molecule has 0 saturated carbocycles. The maximum absolute atomic E-state index is 11.9. The summed E-state index contributed by atoms with van der Waals surface area (Å²) in [5.41, 5.74) is 7.30. The molecule has 0 aliphatic heterocycles. The fourth-order valence-electron chi connectivity index (χ4n) is 1.90. The topological polar surface area (TPSA) is 64.3 Å². The van der Waals surface area contributed by atoms with E-state index >= 15 is 0 Å². The number of hydrogen-bond donors (Lipinski definition) is 2. The summed E-state index contributed by atoms with van der Waals surface area (Å²) in [5, 5.41) is 2.89. The molecule has 0 radical (unpaired) electrons. The summed E-state index contributed by atoms with van der Waals surface area (Å²) in [6, 6.07) is 14.8. The van der Waals surface area contributed by atoms with E-state index in [1.165, 1.54) is 0 Å². The number of carbonyl (C=O) groups excluding carboxylic acids is 1. The molecule has 0 heterocycles. The minimum atomic E-state index is -0.189. The molecule has 1 atom stereocenters. The highest BCUT2D eigenvalue weighted by Gasteiger charge is 2.11. The van der Waals surface area contributed by atoms with E-state index in [1.54, 1.807) is 12.1 Å². The van der Waals surface area contributed by atoms with Crippen LogP contribution in [0.15, 0.2) is 53.0 Å². The zero-order valence-corrected chi connectivity index (χ0v) is 13.3. The summed E-state index contributed by atoms with van der Waals surface area (Å²) >= 11 is 3.41. The van der Waals surface area contributed by atoms with Gasteiger partial charge in [0.25, 0.3) is 5.91 Å². The van der Waals surface area contributed by atoms with Crippen LogP contribution in [0.4, 0.5) is 5.69 Å². The molecular weight excluding hydrogens is 332 g/mol. The molecule has 0 aromatic heterocycles. The number of benzene rings is 2. The Morgan fingerprint density at radius 3 is 2.76 bits per heavy atom. The van der Waals surface area contributed by atoms with Crippen LogP contribution in [-0.4, -0.2) is 12.5 Å². The van der Waals surface area contributed by atoms with Crippen molar-refractivity contribution in [3.63, 3.8) is 0 Å². The van der Waals surface area contributed by atoms with Gasteiger partial charge in [0.15, 0.2) is 6.61 Å². The lowest BCUT2D eigenvalue weighted by atomic mass is 10.1. The van der Waals surface area contributed by atoms with Crippen molar-refractivity contribution in [2.24, 2.45) is 0 Å². The van der Waals surface area contributed by atoms with E-state index in [0.29, 0.717) is 11.4 Å². The highest BCUT2D eigenvalue weighted by Crippen LogP contribution is 2.20. The van der Waals surface area contributed by atoms with Crippen molar-refractivity contribution in [3.05, 3.63) is 58.6 Å². The van der Waals surface area contributed by atoms with E-state index in [4.69, 9.17) is 10.5 Å². The maximum Gasteiger partial charge on any atom is 0.258 e. The van der Waals surface area contributed by atoms with Gasteiger partial charge in [0.05, 0.1) is 11.7 Å². The van der Waals surface area contributed by atoms with Crippen LogP contribution in [-0.2, 0) is 4.79 Å². The van der Waals surface area contributed by atoms with Gasteiger partial charge >= 0.3 is 0 Å². The zero-order valence-electron chi connectivity index (χ0n) is 11.7. The fraction of sp³-hybridized carbons (Fsp3) is 0.188. The minimum absolute atomic E-state index is 0.0629. The van der Waals surface area contributed by atoms with Crippen molar-refractivity contribution in [2.45, 2.75) is 13.0 Å². The van der Waals surface area contributed by atoms with Crippen LogP contribution in [0.25, 0.3) is 0 Å².